The van der Waals surface area contributed by atoms with Gasteiger partial charge >= 0.3 is 0 Å². The first-order chi connectivity index (χ1) is 21.3. The van der Waals surface area contributed by atoms with Crippen molar-refractivity contribution in [3.05, 3.63) is 95.8 Å². The SMILES string of the molecule is CC(=O)C(C)(C)C.CC(=O)N(C)c1cccc(C(=O)N[C@H](C(=O)N2CCCC[C@@H]2c2cccnc2)c2ccccc2)c1.CCC.[HH]. The highest BCUT2D eigenvalue weighted by Crippen LogP contribution is 2.33. The lowest BCUT2D eigenvalue weighted by molar-refractivity contribution is -0.137. The van der Waals surface area contributed by atoms with E-state index < -0.39 is 6.04 Å². The van der Waals surface area contributed by atoms with E-state index >= 15 is 0 Å². The fourth-order valence-corrected chi connectivity index (χ4v) is 4.47. The summed E-state index contributed by atoms with van der Waals surface area (Å²) in [6.45, 7) is 13.7. The van der Waals surface area contributed by atoms with Crippen molar-refractivity contribution >= 4 is 29.2 Å². The van der Waals surface area contributed by atoms with Crippen LogP contribution in [0.1, 0.15) is 109 Å². The number of Topliss-reactive ketones (excluding diaryl/α,β-unsaturated/α-hetero) is 1. The number of likely N-dealkylation sites (tertiary alicyclic amines) is 1. The Labute approximate surface area is 270 Å². The Morgan fingerprint density at radius 2 is 1.62 bits per heavy atom. The Balaban J connectivity index is 0.000000841. The molecule has 2 heterocycles. The van der Waals surface area contributed by atoms with Gasteiger partial charge in [0.05, 0.1) is 6.04 Å². The second-order valence-corrected chi connectivity index (χ2v) is 12.3. The summed E-state index contributed by atoms with van der Waals surface area (Å²) in [4.78, 5) is 57.1. The van der Waals surface area contributed by atoms with E-state index in [2.05, 4.69) is 24.1 Å². The van der Waals surface area contributed by atoms with Gasteiger partial charge in [-0.05, 0) is 61.6 Å². The number of hydrogen-bond donors (Lipinski definition) is 1. The van der Waals surface area contributed by atoms with E-state index in [-0.39, 0.29) is 36.4 Å². The molecule has 1 aliphatic rings. The van der Waals surface area contributed by atoms with Gasteiger partial charge in [0.25, 0.3) is 5.91 Å². The van der Waals surface area contributed by atoms with E-state index in [0.717, 1.165) is 30.4 Å². The number of hydrogen-bond acceptors (Lipinski definition) is 5. The molecule has 3 aromatic rings. The van der Waals surface area contributed by atoms with Gasteiger partial charge in [-0.25, -0.2) is 0 Å². The molecule has 1 aromatic heterocycles. The van der Waals surface area contributed by atoms with Crippen LogP contribution >= 0.6 is 0 Å². The molecule has 3 amide bonds. The van der Waals surface area contributed by atoms with E-state index in [1.54, 1.807) is 44.4 Å². The number of piperidine rings is 1. The molecule has 45 heavy (non-hydrogen) atoms. The van der Waals surface area contributed by atoms with Crippen molar-refractivity contribution in [3.63, 3.8) is 0 Å². The molecule has 8 nitrogen and oxygen atoms in total. The highest BCUT2D eigenvalue weighted by atomic mass is 16.2. The number of anilines is 1. The average Bonchev–Trinajstić information content (AvgIpc) is 3.04. The first-order valence-electron chi connectivity index (χ1n) is 15.7. The van der Waals surface area contributed by atoms with Gasteiger partial charge in [-0.15, -0.1) is 0 Å². The molecule has 1 saturated heterocycles. The van der Waals surface area contributed by atoms with Crippen LogP contribution in [0, 0.1) is 5.41 Å². The summed E-state index contributed by atoms with van der Waals surface area (Å²) in [5, 5.41) is 2.96. The third kappa shape index (κ3) is 11.3. The van der Waals surface area contributed by atoms with Crippen molar-refractivity contribution in [2.75, 3.05) is 18.5 Å². The quantitative estimate of drug-likeness (QED) is 0.308. The molecule has 2 atom stereocenters. The van der Waals surface area contributed by atoms with Crippen LogP contribution in [0.15, 0.2) is 79.1 Å². The molecule has 1 fully saturated rings. The molecule has 0 aliphatic carbocycles. The predicted octanol–water partition coefficient (Wildman–Crippen LogP) is 7.57. The summed E-state index contributed by atoms with van der Waals surface area (Å²) in [7, 11) is 1.66. The summed E-state index contributed by atoms with van der Waals surface area (Å²) in [6, 6.07) is 19.1. The van der Waals surface area contributed by atoms with Crippen molar-refractivity contribution in [1.29, 1.82) is 0 Å². The smallest absolute Gasteiger partial charge is 0.252 e. The van der Waals surface area contributed by atoms with E-state index in [9.17, 15) is 19.2 Å². The fraction of sp³-hybridized carbons (Fsp3) is 0.432. The lowest BCUT2D eigenvalue weighted by atomic mass is 9.92. The standard InChI is InChI=1S/C28H30N4O3.C6H12O.C3H8.H2/c1-20(33)31(2)24-14-8-12-22(18-24)27(34)30-26(21-10-4-3-5-11-21)28(35)32-17-7-6-15-25(32)23-13-9-16-29-19-23;1-5(7)6(2,3)4;1-3-2;/h3-5,8-14,16,18-19,25-26H,6-7,15,17H2,1-2H3,(H,30,34);1-4H3;3H2,1-2H3;1H/t25-,26+;;;/m1.../s1. The highest BCUT2D eigenvalue weighted by Gasteiger charge is 2.34. The van der Waals surface area contributed by atoms with Crippen LogP contribution in [0.3, 0.4) is 0 Å². The fourth-order valence-electron chi connectivity index (χ4n) is 4.47. The second kappa shape index (κ2) is 17.8. The van der Waals surface area contributed by atoms with Crippen LogP contribution in [0.2, 0.25) is 0 Å². The van der Waals surface area contributed by atoms with Crippen LogP contribution in [0.4, 0.5) is 5.69 Å². The summed E-state index contributed by atoms with van der Waals surface area (Å²) in [5.74, 6) is -0.407. The van der Waals surface area contributed by atoms with Crippen LogP contribution in [0.5, 0.6) is 0 Å². The molecule has 1 N–H and O–H groups in total. The number of aromatic nitrogens is 1. The first-order valence-corrected chi connectivity index (χ1v) is 15.7. The third-order valence-corrected chi connectivity index (χ3v) is 7.53. The van der Waals surface area contributed by atoms with Gasteiger partial charge < -0.3 is 15.1 Å². The average molecular weight is 617 g/mol. The van der Waals surface area contributed by atoms with E-state index in [1.165, 1.54) is 18.2 Å². The molecule has 1 aliphatic heterocycles. The highest BCUT2D eigenvalue weighted by molar-refractivity contribution is 6.00. The second-order valence-electron chi connectivity index (χ2n) is 12.3. The van der Waals surface area contributed by atoms with Gasteiger partial charge in [0.1, 0.15) is 11.8 Å². The minimum atomic E-state index is -0.838. The lowest BCUT2D eigenvalue weighted by Gasteiger charge is -2.38. The molecule has 8 heteroatoms. The Bertz CT molecular complexity index is 1390. The van der Waals surface area contributed by atoms with Crippen molar-refractivity contribution in [1.82, 2.24) is 15.2 Å². The zero-order valence-corrected chi connectivity index (χ0v) is 28.2. The first kappa shape index (κ1) is 36.9. The molecule has 2 aromatic carbocycles. The van der Waals surface area contributed by atoms with Crippen LogP contribution in [-0.4, -0.2) is 47.0 Å². The zero-order valence-electron chi connectivity index (χ0n) is 28.2. The van der Waals surface area contributed by atoms with Gasteiger partial charge in [0.15, 0.2) is 0 Å². The Morgan fingerprint density at radius 3 is 2.18 bits per heavy atom. The zero-order chi connectivity index (χ0) is 33.6. The maximum atomic E-state index is 14.0. The minimum absolute atomic E-state index is 0. The maximum absolute atomic E-state index is 14.0. The van der Waals surface area contributed by atoms with Gasteiger partial charge in [0, 0.05) is 51.0 Å². The molecule has 0 radical (unpaired) electrons. The molecule has 0 spiro atoms. The molecule has 0 bridgehead atoms. The molecule has 244 valence electrons. The Hall–Kier alpha value is -4.33. The Morgan fingerprint density at radius 1 is 0.978 bits per heavy atom. The number of pyridine rings is 1. The summed E-state index contributed by atoms with van der Waals surface area (Å²) >= 11 is 0. The number of nitrogens with one attached hydrogen (secondary N) is 1. The van der Waals surface area contributed by atoms with E-state index in [0.29, 0.717) is 17.8 Å². The van der Waals surface area contributed by atoms with E-state index in [4.69, 9.17) is 0 Å². The van der Waals surface area contributed by atoms with Gasteiger partial charge in [-0.3, -0.25) is 24.2 Å². The topological polar surface area (TPSA) is 99.7 Å². The van der Waals surface area contributed by atoms with Gasteiger partial charge in [-0.1, -0.05) is 83.5 Å². The number of nitrogens with zero attached hydrogens (tertiary/aromatic N) is 3. The molecule has 4 rings (SSSR count). The monoisotopic (exact) mass is 616 g/mol. The number of amides is 3. The van der Waals surface area contributed by atoms with Gasteiger partial charge in [-0.2, -0.15) is 0 Å². The number of ketones is 1. The van der Waals surface area contributed by atoms with Gasteiger partial charge in [0.2, 0.25) is 11.8 Å². The van der Waals surface area contributed by atoms with E-state index in [1.807, 2.05) is 74.3 Å². The van der Waals surface area contributed by atoms with Crippen molar-refractivity contribution in [2.45, 2.75) is 86.2 Å². The minimum Gasteiger partial charge on any atom is -0.336 e. The predicted molar refractivity (Wildman–Crippen MR) is 183 cm³/mol. The largest absolute Gasteiger partial charge is 0.336 e. The Kier molecular flexibility index (Phi) is 14.6. The number of benzene rings is 2. The maximum Gasteiger partial charge on any atom is 0.252 e. The number of rotatable bonds is 6. The summed E-state index contributed by atoms with van der Waals surface area (Å²) in [5.41, 5.74) is 2.57. The normalized spacial score (nSPS) is 14.8. The lowest BCUT2D eigenvalue weighted by Crippen LogP contribution is -2.46. The molecule has 0 unspecified atom stereocenters. The van der Waals surface area contributed by atoms with Crippen LogP contribution in [-0.2, 0) is 14.4 Å². The number of carbonyl (C=O) groups is 4. The van der Waals surface area contributed by atoms with Crippen molar-refractivity contribution < 1.29 is 20.6 Å². The molecular weight excluding hydrogens is 564 g/mol. The number of carbonyl (C=O) groups excluding carboxylic acids is 4. The van der Waals surface area contributed by atoms with Crippen molar-refractivity contribution in [2.24, 2.45) is 5.41 Å². The van der Waals surface area contributed by atoms with Crippen molar-refractivity contribution in [3.8, 4) is 0 Å². The third-order valence-electron chi connectivity index (χ3n) is 7.53. The summed E-state index contributed by atoms with van der Waals surface area (Å²) < 4.78 is 0. The molecule has 0 saturated carbocycles. The molecular formula is C37H52N4O4. The van der Waals surface area contributed by atoms with Crippen LogP contribution < -0.4 is 10.2 Å². The summed E-state index contributed by atoms with van der Waals surface area (Å²) in [6.07, 6.45) is 7.58. The van der Waals surface area contributed by atoms with Crippen LogP contribution in [0.25, 0.3) is 0 Å².